The first kappa shape index (κ1) is 28.1. The minimum absolute atomic E-state index is 0.00445. The van der Waals surface area contributed by atoms with E-state index in [-0.39, 0.29) is 11.5 Å². The highest BCUT2D eigenvalue weighted by Gasteiger charge is 2.46. The largest absolute Gasteiger partial charge is 0.490 e. The van der Waals surface area contributed by atoms with Gasteiger partial charge in [0.15, 0.2) is 0 Å². The third-order valence-corrected chi connectivity index (χ3v) is 6.56. The lowest BCUT2D eigenvalue weighted by Crippen LogP contribution is -2.49. The fourth-order valence-corrected chi connectivity index (χ4v) is 4.62. The van der Waals surface area contributed by atoms with Crippen molar-refractivity contribution in [2.45, 2.75) is 44.1 Å². The van der Waals surface area contributed by atoms with Crippen molar-refractivity contribution in [2.75, 3.05) is 26.3 Å². The van der Waals surface area contributed by atoms with Gasteiger partial charge in [0.1, 0.15) is 0 Å². The molecule has 3 heterocycles. The Labute approximate surface area is 212 Å². The van der Waals surface area contributed by atoms with Crippen LogP contribution in [0.15, 0.2) is 48.7 Å². The van der Waals surface area contributed by atoms with Crippen molar-refractivity contribution in [3.63, 3.8) is 0 Å². The Kier molecular flexibility index (Phi) is 9.60. The van der Waals surface area contributed by atoms with Gasteiger partial charge in [-0.15, -0.1) is 0 Å². The molecule has 2 aliphatic heterocycles. The second kappa shape index (κ2) is 12.7. The van der Waals surface area contributed by atoms with Crippen LogP contribution in [0.4, 0.5) is 13.2 Å². The first-order chi connectivity index (χ1) is 17.6. The molecule has 4 rings (SSSR count). The van der Waals surface area contributed by atoms with E-state index in [0.29, 0.717) is 43.3 Å². The van der Waals surface area contributed by atoms with Crippen molar-refractivity contribution >= 4 is 11.9 Å². The SMILES string of the molecule is N#Cc1cccc(C(=O)N2CCC3(CC2)OCCC3CCOCc2ccccn2)c1.O=C(O)C(F)(F)F. The molecule has 1 unspecified atom stereocenters. The van der Waals surface area contributed by atoms with Gasteiger partial charge in [0, 0.05) is 38.1 Å². The molecule has 8 nitrogen and oxygen atoms in total. The molecular weight excluding hydrogens is 491 g/mol. The molecule has 1 spiro atoms. The molecule has 1 aromatic heterocycles. The number of amides is 1. The number of rotatable bonds is 6. The van der Waals surface area contributed by atoms with Crippen molar-refractivity contribution in [3.05, 3.63) is 65.5 Å². The maximum absolute atomic E-state index is 12.8. The number of likely N-dealkylation sites (tertiary alicyclic amines) is 1. The second-order valence-corrected chi connectivity index (χ2v) is 8.85. The van der Waals surface area contributed by atoms with Crippen LogP contribution < -0.4 is 0 Å². The van der Waals surface area contributed by atoms with Crippen molar-refractivity contribution in [2.24, 2.45) is 5.92 Å². The molecule has 0 bridgehead atoms. The van der Waals surface area contributed by atoms with Crippen molar-refractivity contribution in [3.8, 4) is 6.07 Å². The van der Waals surface area contributed by atoms with E-state index in [4.69, 9.17) is 24.6 Å². The van der Waals surface area contributed by atoms with Gasteiger partial charge in [-0.2, -0.15) is 18.4 Å². The van der Waals surface area contributed by atoms with Crippen LogP contribution in [0.2, 0.25) is 0 Å². The Morgan fingerprint density at radius 3 is 2.57 bits per heavy atom. The van der Waals surface area contributed by atoms with Crippen molar-refractivity contribution in [1.29, 1.82) is 5.26 Å². The number of alkyl halides is 3. The van der Waals surface area contributed by atoms with Gasteiger partial charge < -0.3 is 19.5 Å². The Morgan fingerprint density at radius 1 is 1.22 bits per heavy atom. The molecule has 11 heteroatoms. The number of aliphatic carboxylic acids is 1. The first-order valence-electron chi connectivity index (χ1n) is 11.9. The van der Waals surface area contributed by atoms with Crippen LogP contribution in [0.5, 0.6) is 0 Å². The van der Waals surface area contributed by atoms with E-state index in [0.717, 1.165) is 38.0 Å². The molecule has 2 aliphatic rings. The summed E-state index contributed by atoms with van der Waals surface area (Å²) in [6.45, 7) is 3.37. The Morgan fingerprint density at radius 2 is 1.95 bits per heavy atom. The normalized spacial score (nSPS) is 18.5. The Balaban J connectivity index is 0.000000479. The van der Waals surface area contributed by atoms with Crippen molar-refractivity contribution < 1.29 is 37.3 Å². The summed E-state index contributed by atoms with van der Waals surface area (Å²) in [6.07, 6.45) is 0.406. The number of ether oxygens (including phenoxy) is 2. The van der Waals surface area contributed by atoms with Crippen molar-refractivity contribution in [1.82, 2.24) is 9.88 Å². The lowest BCUT2D eigenvalue weighted by Gasteiger charge is -2.42. The molecule has 198 valence electrons. The minimum Gasteiger partial charge on any atom is -0.475 e. The Bertz CT molecular complexity index is 1100. The van der Waals surface area contributed by atoms with Gasteiger partial charge >= 0.3 is 12.1 Å². The third-order valence-electron chi connectivity index (χ3n) is 6.56. The summed E-state index contributed by atoms with van der Waals surface area (Å²) in [5.41, 5.74) is 1.90. The number of hydrogen-bond acceptors (Lipinski definition) is 6. The first-order valence-corrected chi connectivity index (χ1v) is 11.9. The predicted octanol–water partition coefficient (Wildman–Crippen LogP) is 4.20. The molecule has 1 aromatic carbocycles. The second-order valence-electron chi connectivity index (χ2n) is 8.85. The van der Waals surface area contributed by atoms with Gasteiger partial charge in [-0.1, -0.05) is 12.1 Å². The van der Waals surface area contributed by atoms with Crippen LogP contribution in [-0.4, -0.2) is 64.9 Å². The summed E-state index contributed by atoms with van der Waals surface area (Å²) in [6, 6.07) is 14.9. The molecule has 1 amide bonds. The molecular formula is C26H28F3N3O5. The van der Waals surface area contributed by atoms with Crippen LogP contribution in [0.1, 0.15) is 47.3 Å². The molecule has 0 radical (unpaired) electrons. The van der Waals surface area contributed by atoms with Gasteiger partial charge in [-0.05, 0) is 61.9 Å². The van der Waals surface area contributed by atoms with Gasteiger partial charge in [-0.3, -0.25) is 9.78 Å². The molecule has 0 saturated carbocycles. The van der Waals surface area contributed by atoms with E-state index in [1.54, 1.807) is 30.5 Å². The maximum Gasteiger partial charge on any atom is 0.490 e. The van der Waals surface area contributed by atoms with Crippen LogP contribution in [0.3, 0.4) is 0 Å². The average molecular weight is 520 g/mol. The molecule has 2 saturated heterocycles. The van der Waals surface area contributed by atoms with E-state index in [1.165, 1.54) is 0 Å². The molecule has 2 fully saturated rings. The van der Waals surface area contributed by atoms with Crippen LogP contribution in [0.25, 0.3) is 0 Å². The number of piperidine rings is 1. The lowest BCUT2D eigenvalue weighted by molar-refractivity contribution is -0.192. The van der Waals surface area contributed by atoms with Crippen LogP contribution >= 0.6 is 0 Å². The third kappa shape index (κ3) is 7.74. The Hall–Kier alpha value is -3.49. The van der Waals surface area contributed by atoms with Gasteiger partial charge in [0.2, 0.25) is 0 Å². The number of hydrogen-bond donors (Lipinski definition) is 1. The summed E-state index contributed by atoms with van der Waals surface area (Å²) >= 11 is 0. The zero-order chi connectivity index (χ0) is 26.9. The summed E-state index contributed by atoms with van der Waals surface area (Å²) in [5, 5.41) is 16.2. The molecule has 2 aromatic rings. The zero-order valence-corrected chi connectivity index (χ0v) is 20.1. The number of nitriles is 1. The van der Waals surface area contributed by atoms with Gasteiger partial charge in [-0.25, -0.2) is 4.79 Å². The highest BCUT2D eigenvalue weighted by Crippen LogP contribution is 2.42. The molecule has 1 atom stereocenters. The van der Waals surface area contributed by atoms with Crippen LogP contribution in [-0.2, 0) is 20.9 Å². The number of carbonyl (C=O) groups is 2. The molecule has 1 N–H and O–H groups in total. The number of carboxylic acids is 1. The fraction of sp³-hybridized carbons (Fsp3) is 0.462. The molecule has 37 heavy (non-hydrogen) atoms. The number of carbonyl (C=O) groups excluding carboxylic acids is 1. The summed E-state index contributed by atoms with van der Waals surface area (Å²) in [4.78, 5) is 27.9. The lowest BCUT2D eigenvalue weighted by atomic mass is 9.78. The van der Waals surface area contributed by atoms with E-state index in [1.807, 2.05) is 23.1 Å². The smallest absolute Gasteiger partial charge is 0.475 e. The topological polar surface area (TPSA) is 113 Å². The number of aromatic nitrogens is 1. The highest BCUT2D eigenvalue weighted by molar-refractivity contribution is 5.94. The monoisotopic (exact) mass is 519 g/mol. The number of benzene rings is 1. The van der Waals surface area contributed by atoms with Gasteiger partial charge in [0.25, 0.3) is 5.91 Å². The molecule has 0 aliphatic carbocycles. The summed E-state index contributed by atoms with van der Waals surface area (Å²) in [7, 11) is 0. The highest BCUT2D eigenvalue weighted by atomic mass is 19.4. The number of carboxylic acid groups (broad SMARTS) is 1. The quantitative estimate of drug-likeness (QED) is 0.569. The average Bonchev–Trinajstić information content (AvgIpc) is 3.28. The summed E-state index contributed by atoms with van der Waals surface area (Å²) < 4.78 is 43.8. The summed E-state index contributed by atoms with van der Waals surface area (Å²) in [5.74, 6) is -2.30. The van der Waals surface area contributed by atoms with E-state index >= 15 is 0 Å². The van der Waals surface area contributed by atoms with Gasteiger partial charge in [0.05, 0.1) is 29.5 Å². The standard InChI is InChI=1S/C24H27N3O3.C2HF3O2/c25-17-19-4-3-5-20(16-19)23(28)27-12-9-24(10-13-27)21(8-15-30-24)7-14-29-18-22-6-1-2-11-26-22;3-2(4,5)1(6)7/h1-6,11,16,21H,7-10,12-15,18H2;(H,6,7). The zero-order valence-electron chi connectivity index (χ0n) is 20.1. The van der Waals surface area contributed by atoms with E-state index < -0.39 is 12.1 Å². The predicted molar refractivity (Wildman–Crippen MR) is 125 cm³/mol. The number of pyridine rings is 1. The minimum atomic E-state index is -5.08. The number of halogens is 3. The fourth-order valence-electron chi connectivity index (χ4n) is 4.62. The maximum atomic E-state index is 12.8. The van der Waals surface area contributed by atoms with E-state index in [9.17, 15) is 18.0 Å². The van der Waals surface area contributed by atoms with E-state index in [2.05, 4.69) is 11.1 Å². The van der Waals surface area contributed by atoms with Crippen LogP contribution in [0, 0.1) is 17.2 Å². The number of nitrogens with zero attached hydrogens (tertiary/aromatic N) is 3.